The van der Waals surface area contributed by atoms with Gasteiger partial charge in [0, 0.05) is 5.94 Å². The van der Waals surface area contributed by atoms with E-state index in [1.165, 1.54) is 69.8 Å². The number of rotatable bonds is 8. The van der Waals surface area contributed by atoms with Gasteiger partial charge in [-0.25, -0.2) is 0 Å². The van der Waals surface area contributed by atoms with Gasteiger partial charge in [0.15, 0.2) is 0 Å². The molecule has 0 radical (unpaired) electrons. The van der Waals surface area contributed by atoms with Crippen LogP contribution in [0, 0.1) is 11.8 Å². The molecular weight excluding hydrogens is 449 g/mol. The van der Waals surface area contributed by atoms with Crippen molar-refractivity contribution in [1.29, 1.82) is 0 Å². The van der Waals surface area contributed by atoms with Gasteiger partial charge in [0.05, 0.1) is 12.2 Å². The molecule has 3 aliphatic rings. The van der Waals surface area contributed by atoms with E-state index in [0.717, 1.165) is 6.42 Å². The third kappa shape index (κ3) is 6.47. The van der Waals surface area contributed by atoms with Crippen molar-refractivity contribution in [2.75, 3.05) is 0 Å². The van der Waals surface area contributed by atoms with Crippen molar-refractivity contribution < 1.29 is 9.31 Å². The zero-order valence-electron chi connectivity index (χ0n) is 22.9. The average Bonchev–Trinajstić information content (AvgIpc) is 3.24. The lowest BCUT2D eigenvalue weighted by Crippen LogP contribution is -2.67. The van der Waals surface area contributed by atoms with E-state index in [4.69, 9.17) is 9.31 Å². The predicted molar refractivity (Wildman–Crippen MR) is 151 cm³/mol. The van der Waals surface area contributed by atoms with Crippen LogP contribution >= 0.6 is 0 Å². The smallest absolute Gasteiger partial charge is 0.404 e. The number of hydrogen-bond acceptors (Lipinski definition) is 3. The molecule has 4 rings (SSSR count). The fourth-order valence-electron chi connectivity index (χ4n) is 7.53. The minimum atomic E-state index is -1.59. The van der Waals surface area contributed by atoms with Gasteiger partial charge in [0.25, 0.3) is 0 Å². The molecular formula is C28H50BNO2Si2. The Hall–Kier alpha value is -0.401. The highest BCUT2D eigenvalue weighted by Gasteiger charge is 2.54. The summed E-state index contributed by atoms with van der Waals surface area (Å²) in [5.74, 6) is 1.69. The summed E-state index contributed by atoms with van der Waals surface area (Å²) in [4.78, 5) is 0. The lowest BCUT2D eigenvalue weighted by atomic mass is 9.75. The predicted octanol–water partition coefficient (Wildman–Crippen LogP) is 7.54. The molecule has 6 heteroatoms. The van der Waals surface area contributed by atoms with E-state index < -0.39 is 16.5 Å². The molecule has 0 bridgehead atoms. The Morgan fingerprint density at radius 2 is 1.18 bits per heavy atom. The summed E-state index contributed by atoms with van der Waals surface area (Å²) in [6, 6.07) is 11.1. The summed E-state index contributed by atoms with van der Waals surface area (Å²) in [5, 5.41) is 0. The summed E-state index contributed by atoms with van der Waals surface area (Å²) < 4.78 is 17.3. The second kappa shape index (κ2) is 11.3. The van der Waals surface area contributed by atoms with E-state index in [0.29, 0.717) is 30.0 Å². The molecule has 0 aromatic heterocycles. The molecule has 1 heterocycles. The number of nitrogens with zero attached hydrogens (tertiary/aromatic N) is 1. The quantitative estimate of drug-likeness (QED) is 0.345. The van der Waals surface area contributed by atoms with Crippen molar-refractivity contribution in [2.24, 2.45) is 11.8 Å². The molecule has 190 valence electrons. The van der Waals surface area contributed by atoms with E-state index in [1.54, 1.807) is 0 Å². The zero-order chi connectivity index (χ0) is 24.3. The van der Waals surface area contributed by atoms with Crippen molar-refractivity contribution in [3.8, 4) is 0 Å². The van der Waals surface area contributed by atoms with Crippen molar-refractivity contribution >= 4 is 23.6 Å². The molecule has 3 nitrogen and oxygen atoms in total. The van der Waals surface area contributed by atoms with Crippen molar-refractivity contribution in [3.63, 3.8) is 0 Å². The summed E-state index contributed by atoms with van der Waals surface area (Å²) in [7, 11) is -3.29. The van der Waals surface area contributed by atoms with Gasteiger partial charge < -0.3 is 13.5 Å². The SMILES string of the molecule is C[Si](C)(C)N(C(Cc1ccccc1)B1OC(C2CCCCC2)C(C2CCCCC2)O1)[Si](C)(C)C. The topological polar surface area (TPSA) is 21.7 Å². The lowest BCUT2D eigenvalue weighted by Gasteiger charge is -2.49. The summed E-state index contributed by atoms with van der Waals surface area (Å²) in [6.07, 6.45) is 15.2. The molecule has 0 spiro atoms. The van der Waals surface area contributed by atoms with Gasteiger partial charge in [-0.3, -0.25) is 0 Å². The Kier molecular flexibility index (Phi) is 8.88. The molecule has 0 N–H and O–H groups in total. The van der Waals surface area contributed by atoms with Gasteiger partial charge >= 0.3 is 7.12 Å². The highest BCUT2D eigenvalue weighted by Crippen LogP contribution is 2.42. The third-order valence-corrected chi connectivity index (χ3v) is 16.1. The van der Waals surface area contributed by atoms with Gasteiger partial charge in [-0.15, -0.1) is 0 Å². The molecule has 1 aromatic rings. The van der Waals surface area contributed by atoms with Crippen LogP contribution in [0.3, 0.4) is 0 Å². The highest BCUT2D eigenvalue weighted by atomic mass is 28.4. The van der Waals surface area contributed by atoms with Crippen molar-refractivity contribution in [1.82, 2.24) is 4.23 Å². The van der Waals surface area contributed by atoms with Crippen molar-refractivity contribution in [2.45, 2.75) is 128 Å². The molecule has 3 atom stereocenters. The zero-order valence-corrected chi connectivity index (χ0v) is 24.9. The normalized spacial score (nSPS) is 26.9. The average molecular weight is 500 g/mol. The maximum Gasteiger partial charge on any atom is 0.474 e. The lowest BCUT2D eigenvalue weighted by molar-refractivity contribution is 0.0324. The number of hydrogen-bond donors (Lipinski definition) is 0. The van der Waals surface area contributed by atoms with Gasteiger partial charge in [-0.1, -0.05) is 108 Å². The molecule has 3 fully saturated rings. The van der Waals surface area contributed by atoms with Crippen LogP contribution in [-0.2, 0) is 15.7 Å². The van der Waals surface area contributed by atoms with Crippen LogP contribution in [0.4, 0.5) is 0 Å². The Balaban J connectivity index is 1.66. The monoisotopic (exact) mass is 499 g/mol. The molecule has 1 aromatic carbocycles. The molecule has 2 saturated carbocycles. The van der Waals surface area contributed by atoms with Crippen LogP contribution in [0.5, 0.6) is 0 Å². The van der Waals surface area contributed by atoms with Crippen LogP contribution in [0.2, 0.25) is 39.3 Å². The van der Waals surface area contributed by atoms with Crippen LogP contribution in [-0.4, -0.2) is 46.0 Å². The minimum Gasteiger partial charge on any atom is -0.404 e. The van der Waals surface area contributed by atoms with Crippen LogP contribution in [0.1, 0.15) is 69.8 Å². The molecule has 1 saturated heterocycles. The molecule has 1 aliphatic heterocycles. The Morgan fingerprint density at radius 1 is 0.735 bits per heavy atom. The Labute approximate surface area is 212 Å². The van der Waals surface area contributed by atoms with E-state index in [2.05, 4.69) is 73.8 Å². The second-order valence-corrected chi connectivity index (χ2v) is 23.4. The van der Waals surface area contributed by atoms with E-state index >= 15 is 0 Å². The summed E-state index contributed by atoms with van der Waals surface area (Å²) in [5.41, 5.74) is 1.41. The van der Waals surface area contributed by atoms with E-state index in [1.807, 2.05) is 0 Å². The largest absolute Gasteiger partial charge is 0.474 e. The van der Waals surface area contributed by atoms with Crippen LogP contribution in [0.25, 0.3) is 0 Å². The molecule has 3 unspecified atom stereocenters. The summed E-state index contributed by atoms with van der Waals surface area (Å²) >= 11 is 0. The van der Waals surface area contributed by atoms with Gasteiger partial charge in [-0.05, 0) is 49.5 Å². The van der Waals surface area contributed by atoms with Gasteiger partial charge in [-0.2, -0.15) is 0 Å². The third-order valence-electron chi connectivity index (χ3n) is 8.51. The number of benzene rings is 1. The van der Waals surface area contributed by atoms with Crippen LogP contribution in [0.15, 0.2) is 30.3 Å². The first-order chi connectivity index (χ1) is 16.1. The first-order valence-corrected chi connectivity index (χ1v) is 21.2. The first-order valence-electron chi connectivity index (χ1n) is 14.3. The van der Waals surface area contributed by atoms with Crippen molar-refractivity contribution in [3.05, 3.63) is 35.9 Å². The Morgan fingerprint density at radius 3 is 1.59 bits per heavy atom. The van der Waals surface area contributed by atoms with Gasteiger partial charge in [0.2, 0.25) is 0 Å². The fraction of sp³-hybridized carbons (Fsp3) is 0.786. The van der Waals surface area contributed by atoms with Gasteiger partial charge in [0.1, 0.15) is 16.5 Å². The first kappa shape index (κ1) is 26.7. The van der Waals surface area contributed by atoms with E-state index in [9.17, 15) is 0 Å². The molecule has 0 amide bonds. The van der Waals surface area contributed by atoms with E-state index in [-0.39, 0.29) is 7.12 Å². The minimum absolute atomic E-state index is 0.0995. The second-order valence-electron chi connectivity index (χ2n) is 13.3. The maximum atomic E-state index is 7.15. The standard InChI is InChI=1S/C28H50BNO2Si2/c1-33(2,3)30(34(4,5)6)26(22-23-16-10-7-11-17-23)29-31-27(24-18-12-8-13-19-24)28(32-29)25-20-14-9-15-21-25/h7,10-11,16-17,24-28H,8-9,12-15,18-22H2,1-6H3. The highest BCUT2D eigenvalue weighted by molar-refractivity contribution is 6.90. The molecule has 34 heavy (non-hydrogen) atoms. The summed E-state index contributed by atoms with van der Waals surface area (Å²) in [6.45, 7) is 15.1. The van der Waals surface area contributed by atoms with Crippen LogP contribution < -0.4 is 0 Å². The Bertz CT molecular complexity index is 714. The fourth-order valence-corrected chi connectivity index (χ4v) is 18.0. The maximum absolute atomic E-state index is 7.15. The molecule has 2 aliphatic carbocycles.